The number of hydrogen-bond acceptors (Lipinski definition) is 8. The van der Waals surface area contributed by atoms with E-state index < -0.39 is 0 Å². The van der Waals surface area contributed by atoms with Crippen LogP contribution in [0.3, 0.4) is 0 Å². The molecule has 8 nitrogen and oxygen atoms in total. The van der Waals surface area contributed by atoms with Gasteiger partial charge in [0.25, 0.3) is 0 Å². The first-order valence-corrected chi connectivity index (χ1v) is 37.1. The molecule has 0 unspecified atom stereocenters. The number of hydrogen-bond donors (Lipinski definition) is 0. The zero-order chi connectivity index (χ0) is 72.3. The maximum absolute atomic E-state index is 7.00. The standard InChI is InChI=1S/C102H60N6O2/c1-4-18-61(19-5-1)62-36-42-68(43-37-62)99-104-98(67-22-8-3-9-23-67)106-102(108-99)74-48-52-84-88-33-17-31-76(96(88)110-94(84)60-74)72-47-54-87-90(58-72)82-29-15-13-27-80(82)86-32-16-30-75(95(86)87)65-40-34-63(35-41-65)64-38-44-69(45-39-64)100-103-97(66-20-6-2-7-21-66)105-101(107-100)73-49-53-85-91-57-71(50-55-92(91)109-93(85)59-73)70-46-51-83-79-26-11-10-24-77(79)78-25-12-14-28-81(78)89(83)56-70/h1-60H. The molecule has 0 bridgehead atoms. The lowest BCUT2D eigenvalue weighted by molar-refractivity contribution is 0.669. The van der Waals surface area contributed by atoms with Crippen LogP contribution in [0.15, 0.2) is 373 Å². The first-order chi connectivity index (χ1) is 54.5. The number of furan rings is 2. The highest BCUT2D eigenvalue weighted by Crippen LogP contribution is 2.46. The van der Waals surface area contributed by atoms with Crippen LogP contribution in [0, 0.1) is 0 Å². The molecule has 0 N–H and O–H groups in total. The second-order valence-corrected chi connectivity index (χ2v) is 28.3. The zero-order valence-electron chi connectivity index (χ0n) is 59.1. The molecule has 0 spiro atoms. The lowest BCUT2D eigenvalue weighted by Gasteiger charge is -2.16. The molecule has 22 rings (SSSR count). The molecule has 22 aromatic rings. The molecule has 4 heterocycles. The second kappa shape index (κ2) is 25.4. The molecule has 0 saturated heterocycles. The van der Waals surface area contributed by atoms with Crippen LogP contribution in [0.25, 0.3) is 232 Å². The van der Waals surface area contributed by atoms with Gasteiger partial charge in [-0.1, -0.05) is 315 Å². The smallest absolute Gasteiger partial charge is 0.164 e. The van der Waals surface area contributed by atoms with Crippen LogP contribution in [0.4, 0.5) is 0 Å². The van der Waals surface area contributed by atoms with Gasteiger partial charge >= 0.3 is 0 Å². The summed E-state index contributed by atoms with van der Waals surface area (Å²) in [5.41, 5.74) is 19.5. The van der Waals surface area contributed by atoms with Crippen LogP contribution in [0.2, 0.25) is 0 Å². The Bertz CT molecular complexity index is 7450. The second-order valence-electron chi connectivity index (χ2n) is 28.3. The summed E-state index contributed by atoms with van der Waals surface area (Å²) < 4.78 is 13.7. The molecule has 510 valence electrons. The highest BCUT2D eigenvalue weighted by molar-refractivity contribution is 6.30. The van der Waals surface area contributed by atoms with E-state index in [1.54, 1.807) is 0 Å². The van der Waals surface area contributed by atoms with E-state index in [9.17, 15) is 0 Å². The van der Waals surface area contributed by atoms with Gasteiger partial charge in [-0.25, -0.2) is 29.9 Å². The quantitative estimate of drug-likeness (QED) is 0.118. The Morgan fingerprint density at radius 2 is 0.445 bits per heavy atom. The first kappa shape index (κ1) is 62.5. The number of nitrogens with zero attached hydrogens (tertiary/aromatic N) is 6. The SMILES string of the molecule is c1ccc(-c2ccc(-c3nc(-c4ccccc4)nc(-c4ccc5c(c4)oc4c(-c6ccc7c(c6)c6ccccc6c6cccc(-c8ccc(-c9ccc(-c%10nc(-c%11ccccc%11)nc(-c%11ccc%12c(c%11)oc%11ccc(-c%13ccc%14c%15ccccc%15c%15ccccc%15c%14c%13)cc%11%12)n%10)cc9)cc8)c67)cccc45)n3)cc2)cc1. The van der Waals surface area contributed by atoms with Crippen LogP contribution >= 0.6 is 0 Å². The summed E-state index contributed by atoms with van der Waals surface area (Å²) in [6.07, 6.45) is 0. The van der Waals surface area contributed by atoms with E-state index >= 15 is 0 Å². The fraction of sp³-hybridized carbons (Fsp3) is 0. The average Bonchev–Trinajstić information content (AvgIpc) is 0.753. The molecule has 0 atom stereocenters. The predicted octanol–water partition coefficient (Wildman–Crippen LogP) is 27.1. The van der Waals surface area contributed by atoms with Crippen molar-refractivity contribution in [3.05, 3.63) is 364 Å². The van der Waals surface area contributed by atoms with Crippen molar-refractivity contribution in [2.45, 2.75) is 0 Å². The Kier molecular flexibility index (Phi) is 14.5. The minimum Gasteiger partial charge on any atom is -0.456 e. The van der Waals surface area contributed by atoms with Crippen LogP contribution in [-0.4, -0.2) is 29.9 Å². The van der Waals surface area contributed by atoms with Crippen LogP contribution in [-0.2, 0) is 0 Å². The highest BCUT2D eigenvalue weighted by atomic mass is 16.3. The van der Waals surface area contributed by atoms with Gasteiger partial charge < -0.3 is 8.83 Å². The largest absolute Gasteiger partial charge is 0.456 e. The molecule has 0 radical (unpaired) electrons. The van der Waals surface area contributed by atoms with E-state index in [0.29, 0.717) is 34.9 Å². The Morgan fingerprint density at radius 3 is 0.973 bits per heavy atom. The van der Waals surface area contributed by atoms with E-state index in [1.165, 1.54) is 70.2 Å². The summed E-state index contributed by atoms with van der Waals surface area (Å²) in [6, 6.07) is 129. The van der Waals surface area contributed by atoms with Crippen molar-refractivity contribution in [1.29, 1.82) is 0 Å². The summed E-state index contributed by atoms with van der Waals surface area (Å²) in [5.74, 6) is 3.50. The average molecular weight is 1400 g/mol. The molecule has 0 aliphatic carbocycles. The molecule has 0 fully saturated rings. The first-order valence-electron chi connectivity index (χ1n) is 37.1. The lowest BCUT2D eigenvalue weighted by Crippen LogP contribution is -2.00. The molecule has 0 aliphatic heterocycles. The summed E-state index contributed by atoms with van der Waals surface area (Å²) in [4.78, 5) is 30.7. The minimum atomic E-state index is 0.561. The van der Waals surface area contributed by atoms with Gasteiger partial charge in [-0.2, -0.15) is 0 Å². The topological polar surface area (TPSA) is 104 Å². The maximum Gasteiger partial charge on any atom is 0.164 e. The third kappa shape index (κ3) is 10.6. The van der Waals surface area contributed by atoms with Gasteiger partial charge in [0.05, 0.1) is 0 Å². The molecule has 0 aliphatic rings. The summed E-state index contributed by atoms with van der Waals surface area (Å²) in [7, 11) is 0. The molecule has 18 aromatic carbocycles. The Balaban J connectivity index is 0.567. The fourth-order valence-corrected chi connectivity index (χ4v) is 16.6. The van der Waals surface area contributed by atoms with Crippen molar-refractivity contribution >= 4 is 109 Å². The Hall–Kier alpha value is -14.9. The third-order valence-electron chi connectivity index (χ3n) is 22.0. The number of benzene rings is 18. The number of fused-ring (bicyclic) bond motifs is 18. The normalized spacial score (nSPS) is 11.8. The maximum atomic E-state index is 7.00. The molecule has 0 amide bonds. The van der Waals surface area contributed by atoms with Gasteiger partial charge in [-0.15, -0.1) is 0 Å². The number of para-hydroxylation sites is 1. The third-order valence-corrected chi connectivity index (χ3v) is 22.0. The van der Waals surface area contributed by atoms with Gasteiger partial charge in [0.2, 0.25) is 0 Å². The zero-order valence-corrected chi connectivity index (χ0v) is 59.1. The van der Waals surface area contributed by atoms with Gasteiger partial charge in [0, 0.05) is 60.5 Å². The lowest BCUT2D eigenvalue weighted by atomic mass is 9.88. The van der Waals surface area contributed by atoms with Crippen molar-refractivity contribution in [1.82, 2.24) is 29.9 Å². The molecule has 8 heteroatoms. The van der Waals surface area contributed by atoms with Gasteiger partial charge in [0.15, 0.2) is 34.9 Å². The number of rotatable bonds is 11. The van der Waals surface area contributed by atoms with Crippen LogP contribution in [0.5, 0.6) is 0 Å². The van der Waals surface area contributed by atoms with Gasteiger partial charge in [0.1, 0.15) is 22.3 Å². The molecule has 4 aromatic heterocycles. The summed E-state index contributed by atoms with van der Waals surface area (Å²) >= 11 is 0. The van der Waals surface area contributed by atoms with Crippen molar-refractivity contribution in [2.24, 2.45) is 0 Å². The Morgan fingerprint density at radius 1 is 0.145 bits per heavy atom. The van der Waals surface area contributed by atoms with Gasteiger partial charge in [-0.3, -0.25) is 0 Å². The predicted molar refractivity (Wildman–Crippen MR) is 453 cm³/mol. The fourth-order valence-electron chi connectivity index (χ4n) is 16.6. The molecule has 0 saturated carbocycles. The minimum absolute atomic E-state index is 0.561. The summed E-state index contributed by atoms with van der Waals surface area (Å²) in [5, 5.41) is 18.8. The van der Waals surface area contributed by atoms with E-state index in [-0.39, 0.29) is 0 Å². The number of aromatic nitrogens is 6. The van der Waals surface area contributed by atoms with E-state index in [0.717, 1.165) is 127 Å². The van der Waals surface area contributed by atoms with Crippen molar-refractivity contribution in [3.63, 3.8) is 0 Å². The monoisotopic (exact) mass is 1400 g/mol. The van der Waals surface area contributed by atoms with Crippen molar-refractivity contribution in [3.8, 4) is 124 Å². The summed E-state index contributed by atoms with van der Waals surface area (Å²) in [6.45, 7) is 0. The van der Waals surface area contributed by atoms with Gasteiger partial charge in [-0.05, 0) is 163 Å². The molecular weight excluding hydrogens is 1340 g/mol. The van der Waals surface area contributed by atoms with E-state index in [2.05, 4.69) is 297 Å². The van der Waals surface area contributed by atoms with Crippen LogP contribution < -0.4 is 0 Å². The Labute approximate surface area is 631 Å². The van der Waals surface area contributed by atoms with Crippen LogP contribution in [0.1, 0.15) is 0 Å². The van der Waals surface area contributed by atoms with Crippen molar-refractivity contribution < 1.29 is 8.83 Å². The van der Waals surface area contributed by atoms with E-state index in [4.69, 9.17) is 38.7 Å². The molecule has 110 heavy (non-hydrogen) atoms. The van der Waals surface area contributed by atoms with Crippen molar-refractivity contribution in [2.75, 3.05) is 0 Å². The highest BCUT2D eigenvalue weighted by Gasteiger charge is 2.22. The van der Waals surface area contributed by atoms with E-state index in [1.807, 2.05) is 66.7 Å². The molecular formula is C102H60N6O2.